The maximum absolute atomic E-state index is 12.4. The van der Waals surface area contributed by atoms with Crippen molar-refractivity contribution in [3.8, 4) is 0 Å². The second kappa shape index (κ2) is 8.38. The molecule has 0 bridgehead atoms. The van der Waals surface area contributed by atoms with Gasteiger partial charge in [0.05, 0.1) is 0 Å². The molecular formula is C21H23N5O3. The molecule has 3 heterocycles. The fraction of sp³-hybridized carbons (Fsp3) is 0.381. The van der Waals surface area contributed by atoms with Crippen LogP contribution in [0.25, 0.3) is 0 Å². The molecule has 2 aromatic rings. The van der Waals surface area contributed by atoms with E-state index in [9.17, 15) is 14.4 Å². The lowest BCUT2D eigenvalue weighted by molar-refractivity contribution is -0.130. The van der Waals surface area contributed by atoms with Crippen LogP contribution in [0, 0.1) is 0 Å². The summed E-state index contributed by atoms with van der Waals surface area (Å²) in [6.45, 7) is 1.60. The van der Waals surface area contributed by atoms with Gasteiger partial charge in [0.2, 0.25) is 11.8 Å². The topological polar surface area (TPSA) is 95.5 Å². The van der Waals surface area contributed by atoms with Crippen LogP contribution in [-0.4, -0.2) is 63.2 Å². The molecule has 4 rings (SSSR count). The number of fused-ring (bicyclic) bond motifs is 1. The van der Waals surface area contributed by atoms with Gasteiger partial charge in [0.15, 0.2) is 0 Å². The molecule has 1 saturated heterocycles. The third-order valence-corrected chi connectivity index (χ3v) is 5.32. The van der Waals surface area contributed by atoms with Gasteiger partial charge in [-0.1, -0.05) is 18.2 Å². The Balaban J connectivity index is 1.22. The number of hydrogen-bond donors (Lipinski definition) is 1. The fourth-order valence-electron chi connectivity index (χ4n) is 3.83. The number of likely N-dealkylation sites (tertiary alicyclic amines) is 1. The van der Waals surface area contributed by atoms with E-state index in [-0.39, 0.29) is 30.3 Å². The normalized spacial score (nSPS) is 18.1. The van der Waals surface area contributed by atoms with Crippen molar-refractivity contribution in [2.24, 2.45) is 0 Å². The summed E-state index contributed by atoms with van der Waals surface area (Å²) < 4.78 is 0. The van der Waals surface area contributed by atoms with E-state index < -0.39 is 0 Å². The van der Waals surface area contributed by atoms with Crippen LogP contribution in [0.3, 0.4) is 0 Å². The van der Waals surface area contributed by atoms with E-state index in [0.717, 1.165) is 5.56 Å². The van der Waals surface area contributed by atoms with Crippen molar-refractivity contribution in [1.29, 1.82) is 0 Å². The molecule has 1 atom stereocenters. The maximum atomic E-state index is 12.4. The summed E-state index contributed by atoms with van der Waals surface area (Å²) >= 11 is 0. The van der Waals surface area contributed by atoms with Gasteiger partial charge < -0.3 is 15.1 Å². The van der Waals surface area contributed by atoms with Crippen molar-refractivity contribution in [1.82, 2.24) is 25.1 Å². The zero-order valence-corrected chi connectivity index (χ0v) is 16.1. The smallest absolute Gasteiger partial charge is 0.254 e. The number of carbonyl (C=O) groups excluding carboxylic acids is 3. The van der Waals surface area contributed by atoms with Gasteiger partial charge in [-0.05, 0) is 24.1 Å². The standard InChI is InChI=1S/C21H23N5O3/c27-19(14-26-12-15-4-1-2-5-17(15)21(26)29)24-16-8-11-25(13-16)20(28)7-6-18-22-9-3-10-23-18/h1-5,9-10,16H,6-8,11-14H2,(H,24,27)/t16-/m1/s1. The Labute approximate surface area is 168 Å². The summed E-state index contributed by atoms with van der Waals surface area (Å²) in [6.07, 6.45) is 4.90. The van der Waals surface area contributed by atoms with Gasteiger partial charge in [-0.2, -0.15) is 0 Å². The molecule has 1 N–H and O–H groups in total. The second-order valence-electron chi connectivity index (χ2n) is 7.38. The van der Waals surface area contributed by atoms with Crippen molar-refractivity contribution >= 4 is 17.7 Å². The number of nitrogens with one attached hydrogen (secondary N) is 1. The molecule has 0 spiro atoms. The minimum absolute atomic E-state index is 0.0311. The second-order valence-corrected chi connectivity index (χ2v) is 7.38. The highest BCUT2D eigenvalue weighted by molar-refractivity contribution is 6.00. The van der Waals surface area contributed by atoms with E-state index in [0.29, 0.717) is 50.3 Å². The molecule has 0 radical (unpaired) electrons. The lowest BCUT2D eigenvalue weighted by Gasteiger charge is -2.19. The average molecular weight is 393 g/mol. The lowest BCUT2D eigenvalue weighted by atomic mass is 10.1. The highest BCUT2D eigenvalue weighted by Crippen LogP contribution is 2.21. The van der Waals surface area contributed by atoms with Crippen molar-refractivity contribution in [3.63, 3.8) is 0 Å². The Morgan fingerprint density at radius 2 is 1.93 bits per heavy atom. The Morgan fingerprint density at radius 3 is 2.72 bits per heavy atom. The largest absolute Gasteiger partial charge is 0.350 e. The van der Waals surface area contributed by atoms with Crippen molar-refractivity contribution in [3.05, 3.63) is 59.7 Å². The number of nitrogens with zero attached hydrogens (tertiary/aromatic N) is 4. The predicted molar refractivity (Wildman–Crippen MR) is 105 cm³/mol. The fourth-order valence-corrected chi connectivity index (χ4v) is 3.83. The van der Waals surface area contributed by atoms with Gasteiger partial charge in [-0.3, -0.25) is 14.4 Å². The Hall–Kier alpha value is -3.29. The van der Waals surface area contributed by atoms with E-state index >= 15 is 0 Å². The van der Waals surface area contributed by atoms with E-state index in [1.165, 1.54) is 0 Å². The van der Waals surface area contributed by atoms with Gasteiger partial charge in [0, 0.05) is 56.5 Å². The van der Waals surface area contributed by atoms with E-state index in [1.54, 1.807) is 34.3 Å². The van der Waals surface area contributed by atoms with Crippen LogP contribution >= 0.6 is 0 Å². The van der Waals surface area contributed by atoms with Gasteiger partial charge in [-0.15, -0.1) is 0 Å². The van der Waals surface area contributed by atoms with Gasteiger partial charge in [0.25, 0.3) is 5.91 Å². The molecule has 1 fully saturated rings. The van der Waals surface area contributed by atoms with Crippen molar-refractivity contribution < 1.29 is 14.4 Å². The first-order valence-corrected chi connectivity index (χ1v) is 9.80. The Morgan fingerprint density at radius 1 is 1.14 bits per heavy atom. The molecule has 29 heavy (non-hydrogen) atoms. The third-order valence-electron chi connectivity index (χ3n) is 5.32. The van der Waals surface area contributed by atoms with Crippen molar-refractivity contribution in [2.45, 2.75) is 31.8 Å². The third kappa shape index (κ3) is 4.42. The van der Waals surface area contributed by atoms with E-state index in [4.69, 9.17) is 0 Å². The van der Waals surface area contributed by atoms with Gasteiger partial charge >= 0.3 is 0 Å². The monoisotopic (exact) mass is 393 g/mol. The molecule has 0 aliphatic carbocycles. The van der Waals surface area contributed by atoms with Crippen LogP contribution in [0.5, 0.6) is 0 Å². The van der Waals surface area contributed by atoms with E-state index in [2.05, 4.69) is 15.3 Å². The zero-order valence-electron chi connectivity index (χ0n) is 16.1. The molecule has 1 aromatic carbocycles. The summed E-state index contributed by atoms with van der Waals surface area (Å²) in [4.78, 5) is 48.8. The van der Waals surface area contributed by atoms with Crippen LogP contribution in [0.4, 0.5) is 0 Å². The van der Waals surface area contributed by atoms with Crippen molar-refractivity contribution in [2.75, 3.05) is 19.6 Å². The summed E-state index contributed by atoms with van der Waals surface area (Å²) in [5.41, 5.74) is 1.62. The summed E-state index contributed by atoms with van der Waals surface area (Å²) in [5, 5.41) is 2.96. The number of aromatic nitrogens is 2. The molecule has 2 aliphatic rings. The first-order valence-electron chi connectivity index (χ1n) is 9.80. The molecule has 150 valence electrons. The minimum Gasteiger partial charge on any atom is -0.350 e. The number of hydrogen-bond acceptors (Lipinski definition) is 5. The van der Waals surface area contributed by atoms with Crippen LogP contribution in [0.15, 0.2) is 42.7 Å². The molecule has 3 amide bonds. The van der Waals surface area contributed by atoms with Crippen LogP contribution in [0.1, 0.15) is 34.6 Å². The molecule has 8 heteroatoms. The number of aryl methyl sites for hydroxylation is 1. The number of benzene rings is 1. The van der Waals surface area contributed by atoms with Crippen LogP contribution in [0.2, 0.25) is 0 Å². The van der Waals surface area contributed by atoms with Crippen LogP contribution < -0.4 is 5.32 Å². The van der Waals surface area contributed by atoms with E-state index in [1.807, 2.05) is 18.2 Å². The summed E-state index contributed by atoms with van der Waals surface area (Å²) in [5.74, 6) is 0.394. The summed E-state index contributed by atoms with van der Waals surface area (Å²) in [7, 11) is 0. The molecule has 0 saturated carbocycles. The lowest BCUT2D eigenvalue weighted by Crippen LogP contribution is -2.43. The number of amides is 3. The number of carbonyl (C=O) groups is 3. The Kier molecular flexibility index (Phi) is 5.50. The first-order chi connectivity index (χ1) is 14.1. The summed E-state index contributed by atoms with van der Waals surface area (Å²) in [6, 6.07) is 9.08. The molecule has 0 unspecified atom stereocenters. The SMILES string of the molecule is O=C(CN1Cc2ccccc2C1=O)N[C@@H]1CCN(C(=O)CCc2ncccn2)C1. The molecular weight excluding hydrogens is 370 g/mol. The Bertz CT molecular complexity index is 918. The molecule has 8 nitrogen and oxygen atoms in total. The quantitative estimate of drug-likeness (QED) is 0.783. The first kappa shape index (κ1) is 19.0. The predicted octanol–water partition coefficient (Wildman–Crippen LogP) is 0.782. The maximum Gasteiger partial charge on any atom is 0.254 e. The number of rotatable bonds is 6. The van der Waals surface area contributed by atoms with Gasteiger partial charge in [-0.25, -0.2) is 9.97 Å². The zero-order chi connectivity index (χ0) is 20.2. The highest BCUT2D eigenvalue weighted by Gasteiger charge is 2.31. The average Bonchev–Trinajstić information content (AvgIpc) is 3.32. The van der Waals surface area contributed by atoms with Gasteiger partial charge in [0.1, 0.15) is 12.4 Å². The highest BCUT2D eigenvalue weighted by atomic mass is 16.2. The molecule has 1 aromatic heterocycles. The molecule has 2 aliphatic heterocycles. The minimum atomic E-state index is -0.192. The van der Waals surface area contributed by atoms with Crippen LogP contribution in [-0.2, 0) is 22.6 Å².